The average molecular weight is 309 g/mol. The Hall–Kier alpha value is -1.98. The summed E-state index contributed by atoms with van der Waals surface area (Å²) in [6, 6.07) is 7.99. The van der Waals surface area contributed by atoms with Gasteiger partial charge in [0, 0.05) is 19.3 Å². The van der Waals surface area contributed by atoms with Gasteiger partial charge in [-0.2, -0.15) is 0 Å². The summed E-state index contributed by atoms with van der Waals surface area (Å²) < 4.78 is 17.6. The smallest absolute Gasteiger partial charge is 0.339 e. The van der Waals surface area contributed by atoms with Crippen molar-refractivity contribution >= 4 is 17.6 Å². The van der Waals surface area contributed by atoms with Crippen molar-refractivity contribution in [1.29, 1.82) is 0 Å². The van der Waals surface area contributed by atoms with Gasteiger partial charge >= 0.3 is 5.97 Å². The Kier molecular flexibility index (Phi) is 5.25. The van der Waals surface area contributed by atoms with E-state index in [1.165, 1.54) is 19.4 Å². The zero-order valence-corrected chi connectivity index (χ0v) is 12.2. The van der Waals surface area contributed by atoms with Crippen LogP contribution in [0.5, 0.6) is 0 Å². The van der Waals surface area contributed by atoms with E-state index >= 15 is 0 Å². The van der Waals surface area contributed by atoms with E-state index in [9.17, 15) is 9.18 Å². The van der Waals surface area contributed by atoms with Crippen molar-refractivity contribution in [3.63, 3.8) is 0 Å². The first-order valence-corrected chi connectivity index (χ1v) is 6.66. The summed E-state index contributed by atoms with van der Waals surface area (Å²) >= 11 is 5.71. The molecule has 0 aliphatic rings. The number of esters is 1. The van der Waals surface area contributed by atoms with Crippen molar-refractivity contribution in [2.24, 2.45) is 0 Å². The number of nitrogens with zero attached hydrogens (tertiary/aromatic N) is 1. The zero-order valence-electron chi connectivity index (χ0n) is 11.4. The van der Waals surface area contributed by atoms with Gasteiger partial charge < -0.3 is 10.1 Å². The fraction of sp³-hybridized carbons (Fsp3) is 0.200. The molecule has 1 aromatic carbocycles. The highest BCUT2D eigenvalue weighted by molar-refractivity contribution is 6.30. The van der Waals surface area contributed by atoms with Gasteiger partial charge in [0.05, 0.1) is 23.4 Å². The number of carbonyl (C=O) groups excluding carboxylic acids is 1. The molecule has 2 rings (SSSR count). The minimum absolute atomic E-state index is 0.106. The third-order valence-electron chi connectivity index (χ3n) is 2.87. The normalized spacial score (nSPS) is 10.4. The van der Waals surface area contributed by atoms with Crippen LogP contribution in [0.15, 0.2) is 36.5 Å². The summed E-state index contributed by atoms with van der Waals surface area (Å²) in [6.07, 6.45) is 1.47. The number of ether oxygens (including phenoxy) is 1. The highest BCUT2D eigenvalue weighted by Gasteiger charge is 2.05. The molecule has 0 atom stereocenters. The van der Waals surface area contributed by atoms with Gasteiger partial charge in [0.2, 0.25) is 0 Å². The van der Waals surface area contributed by atoms with E-state index < -0.39 is 11.8 Å². The molecule has 1 N–H and O–H groups in total. The minimum atomic E-state index is -0.430. The lowest BCUT2D eigenvalue weighted by molar-refractivity contribution is 0.0600. The Labute approximate surface area is 126 Å². The van der Waals surface area contributed by atoms with Crippen LogP contribution in [0.4, 0.5) is 4.39 Å². The van der Waals surface area contributed by atoms with Gasteiger partial charge in [-0.25, -0.2) is 9.18 Å². The molecular formula is C15H14ClFN2O2. The molecule has 0 aliphatic heterocycles. The van der Waals surface area contributed by atoms with Crippen molar-refractivity contribution < 1.29 is 13.9 Å². The molecule has 0 unspecified atom stereocenters. The third-order valence-corrected chi connectivity index (χ3v) is 3.15. The number of aromatic nitrogens is 1. The van der Waals surface area contributed by atoms with Crippen LogP contribution in [-0.2, 0) is 17.8 Å². The van der Waals surface area contributed by atoms with Gasteiger partial charge in [-0.1, -0.05) is 17.7 Å². The second kappa shape index (κ2) is 7.15. The van der Waals surface area contributed by atoms with Crippen molar-refractivity contribution in [3.8, 4) is 0 Å². The van der Waals surface area contributed by atoms with Crippen molar-refractivity contribution in [1.82, 2.24) is 10.3 Å². The van der Waals surface area contributed by atoms with Gasteiger partial charge in [0.1, 0.15) is 5.82 Å². The van der Waals surface area contributed by atoms with E-state index in [1.54, 1.807) is 24.3 Å². The molecule has 21 heavy (non-hydrogen) atoms. The topological polar surface area (TPSA) is 51.2 Å². The average Bonchev–Trinajstić information content (AvgIpc) is 2.51. The maximum absolute atomic E-state index is 13.0. The predicted molar refractivity (Wildman–Crippen MR) is 77.5 cm³/mol. The highest BCUT2D eigenvalue weighted by Crippen LogP contribution is 2.15. The van der Waals surface area contributed by atoms with Crippen molar-refractivity contribution in [2.75, 3.05) is 7.11 Å². The lowest BCUT2D eigenvalue weighted by atomic mass is 10.2. The molecular weight excluding hydrogens is 295 g/mol. The number of pyridine rings is 1. The molecule has 0 saturated carbocycles. The number of halogens is 2. The second-order valence-corrected chi connectivity index (χ2v) is 4.79. The summed E-state index contributed by atoms with van der Waals surface area (Å²) in [5.41, 5.74) is 2.08. The first-order valence-electron chi connectivity index (χ1n) is 6.28. The Balaban J connectivity index is 1.88. The maximum atomic E-state index is 13.0. The summed E-state index contributed by atoms with van der Waals surface area (Å²) in [7, 11) is 1.33. The molecule has 0 radical (unpaired) electrons. The van der Waals surface area contributed by atoms with Crippen molar-refractivity contribution in [3.05, 3.63) is 64.2 Å². The largest absolute Gasteiger partial charge is 0.465 e. The first kappa shape index (κ1) is 15.4. The molecule has 0 amide bonds. The number of hydrogen-bond acceptors (Lipinski definition) is 4. The Morgan fingerprint density at radius 1 is 1.33 bits per heavy atom. The van der Waals surface area contributed by atoms with Crippen LogP contribution in [0.25, 0.3) is 0 Å². The van der Waals surface area contributed by atoms with E-state index in [2.05, 4.69) is 15.0 Å². The maximum Gasteiger partial charge on any atom is 0.339 e. The molecule has 6 heteroatoms. The Morgan fingerprint density at radius 2 is 2.14 bits per heavy atom. The van der Waals surface area contributed by atoms with Crippen molar-refractivity contribution in [2.45, 2.75) is 13.1 Å². The van der Waals surface area contributed by atoms with Crippen LogP contribution < -0.4 is 5.32 Å². The fourth-order valence-corrected chi connectivity index (χ4v) is 1.96. The van der Waals surface area contributed by atoms with Crippen LogP contribution >= 0.6 is 11.6 Å². The third kappa shape index (κ3) is 4.24. The van der Waals surface area contributed by atoms with E-state index in [4.69, 9.17) is 11.6 Å². The summed E-state index contributed by atoms with van der Waals surface area (Å²) in [6.45, 7) is 1.07. The lowest BCUT2D eigenvalue weighted by Crippen LogP contribution is -2.14. The standard InChI is InChI=1S/C15H14ClFN2O2/c1-21-15(20)11-3-4-12(19-8-11)9-18-7-10-2-5-14(17)13(16)6-10/h2-6,8,18H,7,9H2,1H3. The molecule has 2 aromatic rings. The molecule has 1 aromatic heterocycles. The summed E-state index contributed by atoms with van der Waals surface area (Å²) in [4.78, 5) is 15.4. The van der Waals surface area contributed by atoms with Crippen LogP contribution in [0.1, 0.15) is 21.6 Å². The van der Waals surface area contributed by atoms with E-state index in [0.717, 1.165) is 11.3 Å². The van der Waals surface area contributed by atoms with Crippen LogP contribution in [0.3, 0.4) is 0 Å². The fourth-order valence-electron chi connectivity index (χ4n) is 1.75. The number of carbonyl (C=O) groups is 1. The van der Waals surface area contributed by atoms with Crippen LogP contribution in [-0.4, -0.2) is 18.1 Å². The SMILES string of the molecule is COC(=O)c1ccc(CNCc2ccc(F)c(Cl)c2)nc1. The van der Waals surface area contributed by atoms with Crippen LogP contribution in [0.2, 0.25) is 5.02 Å². The van der Waals surface area contributed by atoms with Gasteiger partial charge in [0.15, 0.2) is 0 Å². The number of methoxy groups -OCH3 is 1. The lowest BCUT2D eigenvalue weighted by Gasteiger charge is -2.06. The Bertz CT molecular complexity index is 632. The number of benzene rings is 1. The highest BCUT2D eigenvalue weighted by atomic mass is 35.5. The molecule has 1 heterocycles. The molecule has 0 spiro atoms. The van der Waals surface area contributed by atoms with E-state index in [-0.39, 0.29) is 5.02 Å². The van der Waals surface area contributed by atoms with Gasteiger partial charge in [-0.05, 0) is 29.8 Å². The molecule has 0 saturated heterocycles. The molecule has 4 nitrogen and oxygen atoms in total. The first-order chi connectivity index (χ1) is 10.1. The molecule has 0 fully saturated rings. The quantitative estimate of drug-likeness (QED) is 0.863. The van der Waals surface area contributed by atoms with Gasteiger partial charge in [0.25, 0.3) is 0 Å². The molecule has 0 bridgehead atoms. The monoisotopic (exact) mass is 308 g/mol. The second-order valence-electron chi connectivity index (χ2n) is 4.38. The van der Waals surface area contributed by atoms with E-state index in [1.807, 2.05) is 0 Å². The summed E-state index contributed by atoms with van der Waals surface area (Å²) in [5.74, 6) is -0.844. The number of rotatable bonds is 5. The molecule has 0 aliphatic carbocycles. The minimum Gasteiger partial charge on any atom is -0.465 e. The molecule has 110 valence electrons. The zero-order chi connectivity index (χ0) is 15.2. The number of hydrogen-bond donors (Lipinski definition) is 1. The number of nitrogens with one attached hydrogen (secondary N) is 1. The van der Waals surface area contributed by atoms with Crippen LogP contribution in [0, 0.1) is 5.82 Å². The van der Waals surface area contributed by atoms with Gasteiger partial charge in [-0.15, -0.1) is 0 Å². The predicted octanol–water partition coefficient (Wildman–Crippen LogP) is 2.95. The Morgan fingerprint density at radius 3 is 2.76 bits per heavy atom. The van der Waals surface area contributed by atoms with E-state index in [0.29, 0.717) is 18.7 Å². The summed E-state index contributed by atoms with van der Waals surface area (Å²) in [5, 5.41) is 3.27. The van der Waals surface area contributed by atoms with Gasteiger partial charge in [-0.3, -0.25) is 4.98 Å².